The second-order valence-corrected chi connectivity index (χ2v) is 7.67. The number of para-hydroxylation sites is 1. The molecule has 1 aliphatic carbocycles. The second-order valence-electron chi connectivity index (χ2n) is 7.67. The fourth-order valence-electron chi connectivity index (χ4n) is 4.62. The number of likely N-dealkylation sites (tertiary alicyclic amines) is 1. The molecular weight excluding hydrogens is 316 g/mol. The predicted octanol–water partition coefficient (Wildman–Crippen LogP) is 1.93. The Kier molecular flexibility index (Phi) is 4.29. The number of fused-ring (bicyclic) bond motifs is 2. The van der Waals surface area contributed by atoms with Crippen LogP contribution in [0.2, 0.25) is 0 Å². The number of benzene rings is 1. The van der Waals surface area contributed by atoms with E-state index in [4.69, 9.17) is 0 Å². The van der Waals surface area contributed by atoms with Gasteiger partial charge in [-0.15, -0.1) is 0 Å². The summed E-state index contributed by atoms with van der Waals surface area (Å²) in [6.45, 7) is 4.21. The molecule has 1 aromatic carbocycles. The summed E-state index contributed by atoms with van der Waals surface area (Å²) in [7, 11) is 0. The number of hydrogen-bond acceptors (Lipinski definition) is 3. The molecule has 134 valence electrons. The van der Waals surface area contributed by atoms with E-state index in [2.05, 4.69) is 29.7 Å². The molecule has 1 amide bonds. The van der Waals surface area contributed by atoms with Gasteiger partial charge >= 0.3 is 0 Å². The summed E-state index contributed by atoms with van der Waals surface area (Å²) in [6, 6.07) is 10.4. The van der Waals surface area contributed by atoms with Gasteiger partial charge in [0.2, 0.25) is 5.91 Å². The van der Waals surface area contributed by atoms with Crippen LogP contribution in [0.15, 0.2) is 30.3 Å². The third-order valence-electron chi connectivity index (χ3n) is 6.03. The van der Waals surface area contributed by atoms with E-state index in [0.717, 1.165) is 13.1 Å². The second kappa shape index (κ2) is 6.46. The molecule has 5 nitrogen and oxygen atoms in total. The van der Waals surface area contributed by atoms with Gasteiger partial charge in [-0.3, -0.25) is 4.79 Å². The van der Waals surface area contributed by atoms with E-state index in [-0.39, 0.29) is 5.91 Å². The SMILES string of the molecule is Cc1cc2ccccc2n1CCC(=O)N1C[C@H]2C[C@H](O)[C@@H](O)C[C@H]2C1. The van der Waals surface area contributed by atoms with Crippen molar-refractivity contribution < 1.29 is 15.0 Å². The summed E-state index contributed by atoms with van der Waals surface area (Å²) in [5, 5.41) is 20.9. The normalized spacial score (nSPS) is 29.2. The van der Waals surface area contributed by atoms with Crippen LogP contribution in [-0.4, -0.2) is 50.9 Å². The average Bonchev–Trinajstić information content (AvgIpc) is 3.13. The molecule has 2 aliphatic rings. The first-order valence-corrected chi connectivity index (χ1v) is 9.21. The molecule has 2 fully saturated rings. The molecule has 1 aliphatic heterocycles. The van der Waals surface area contributed by atoms with Gasteiger partial charge in [-0.05, 0) is 49.1 Å². The molecule has 0 radical (unpaired) electrons. The van der Waals surface area contributed by atoms with Gasteiger partial charge in [-0.1, -0.05) is 18.2 Å². The third-order valence-corrected chi connectivity index (χ3v) is 6.03. The van der Waals surface area contributed by atoms with Gasteiger partial charge in [0.25, 0.3) is 0 Å². The number of hydrogen-bond donors (Lipinski definition) is 2. The summed E-state index contributed by atoms with van der Waals surface area (Å²) in [6.07, 6.45) is 0.438. The maximum absolute atomic E-state index is 12.7. The Labute approximate surface area is 147 Å². The number of amides is 1. The highest BCUT2D eigenvalue weighted by molar-refractivity contribution is 5.82. The molecule has 4 atom stereocenters. The van der Waals surface area contributed by atoms with Crippen molar-refractivity contribution in [3.8, 4) is 0 Å². The van der Waals surface area contributed by atoms with E-state index < -0.39 is 12.2 Å². The predicted molar refractivity (Wildman–Crippen MR) is 96.1 cm³/mol. The van der Waals surface area contributed by atoms with Gasteiger partial charge in [0.05, 0.1) is 12.2 Å². The Morgan fingerprint density at radius 3 is 2.44 bits per heavy atom. The van der Waals surface area contributed by atoms with E-state index in [9.17, 15) is 15.0 Å². The Morgan fingerprint density at radius 2 is 1.76 bits per heavy atom. The van der Waals surface area contributed by atoms with Crippen LogP contribution in [0.1, 0.15) is 25.0 Å². The maximum atomic E-state index is 12.7. The zero-order valence-corrected chi connectivity index (χ0v) is 14.6. The minimum absolute atomic E-state index is 0.176. The number of carbonyl (C=O) groups is 1. The lowest BCUT2D eigenvalue weighted by Crippen LogP contribution is -2.38. The van der Waals surface area contributed by atoms with Crippen LogP contribution in [0.25, 0.3) is 10.9 Å². The van der Waals surface area contributed by atoms with Gasteiger partial charge in [-0.25, -0.2) is 0 Å². The number of aryl methyl sites for hydroxylation is 2. The van der Waals surface area contributed by atoms with Crippen molar-refractivity contribution in [1.29, 1.82) is 0 Å². The molecule has 25 heavy (non-hydrogen) atoms. The van der Waals surface area contributed by atoms with Crippen molar-refractivity contribution in [2.75, 3.05) is 13.1 Å². The van der Waals surface area contributed by atoms with Crippen molar-refractivity contribution in [1.82, 2.24) is 9.47 Å². The Hall–Kier alpha value is -1.85. The number of rotatable bonds is 3. The Balaban J connectivity index is 1.40. The largest absolute Gasteiger partial charge is 0.390 e. The summed E-state index contributed by atoms with van der Waals surface area (Å²) in [4.78, 5) is 14.6. The monoisotopic (exact) mass is 342 g/mol. The van der Waals surface area contributed by atoms with Crippen molar-refractivity contribution in [3.05, 3.63) is 36.0 Å². The van der Waals surface area contributed by atoms with Gasteiger partial charge in [0.1, 0.15) is 0 Å². The Morgan fingerprint density at radius 1 is 1.12 bits per heavy atom. The van der Waals surface area contributed by atoms with E-state index in [1.807, 2.05) is 17.0 Å². The molecule has 2 N–H and O–H groups in total. The van der Waals surface area contributed by atoms with E-state index >= 15 is 0 Å². The number of aliphatic hydroxyl groups excluding tert-OH is 2. The molecule has 2 aromatic rings. The quantitative estimate of drug-likeness (QED) is 0.896. The highest BCUT2D eigenvalue weighted by atomic mass is 16.3. The average molecular weight is 342 g/mol. The van der Waals surface area contributed by atoms with E-state index in [1.54, 1.807) is 0 Å². The first-order chi connectivity index (χ1) is 12.0. The summed E-state index contributed by atoms with van der Waals surface area (Å²) in [5.74, 6) is 0.837. The first kappa shape index (κ1) is 16.6. The van der Waals surface area contributed by atoms with Gasteiger partial charge in [-0.2, -0.15) is 0 Å². The van der Waals surface area contributed by atoms with Gasteiger partial charge < -0.3 is 19.7 Å². The van der Waals surface area contributed by atoms with Crippen LogP contribution in [0.4, 0.5) is 0 Å². The fraction of sp³-hybridized carbons (Fsp3) is 0.550. The molecule has 1 saturated heterocycles. The minimum Gasteiger partial charge on any atom is -0.390 e. The number of aromatic nitrogens is 1. The molecule has 0 spiro atoms. The molecule has 1 aromatic heterocycles. The van der Waals surface area contributed by atoms with Crippen LogP contribution < -0.4 is 0 Å². The number of nitrogens with zero attached hydrogens (tertiary/aromatic N) is 2. The van der Waals surface area contributed by atoms with Crippen LogP contribution >= 0.6 is 0 Å². The lowest BCUT2D eigenvalue weighted by molar-refractivity contribution is -0.130. The number of carbonyl (C=O) groups excluding carboxylic acids is 1. The zero-order valence-electron chi connectivity index (χ0n) is 14.6. The Bertz CT molecular complexity index is 766. The highest BCUT2D eigenvalue weighted by Gasteiger charge is 2.42. The smallest absolute Gasteiger partial charge is 0.224 e. The lowest BCUT2D eigenvalue weighted by Gasteiger charge is -2.31. The van der Waals surface area contributed by atoms with Crippen LogP contribution in [0.3, 0.4) is 0 Å². The third kappa shape index (κ3) is 3.07. The van der Waals surface area contributed by atoms with Crippen LogP contribution in [0.5, 0.6) is 0 Å². The van der Waals surface area contributed by atoms with Crippen molar-refractivity contribution in [2.24, 2.45) is 11.8 Å². The summed E-state index contributed by atoms with van der Waals surface area (Å²) in [5.41, 5.74) is 2.35. The van der Waals surface area contributed by atoms with Crippen molar-refractivity contribution >= 4 is 16.8 Å². The van der Waals surface area contributed by atoms with Crippen molar-refractivity contribution in [2.45, 2.75) is 44.9 Å². The number of aliphatic hydroxyl groups is 2. The fourth-order valence-corrected chi connectivity index (χ4v) is 4.62. The molecule has 0 bridgehead atoms. The lowest BCUT2D eigenvalue weighted by atomic mass is 9.79. The maximum Gasteiger partial charge on any atom is 0.224 e. The van der Waals surface area contributed by atoms with Gasteiger partial charge in [0.15, 0.2) is 0 Å². The van der Waals surface area contributed by atoms with Gasteiger partial charge in [0, 0.05) is 37.3 Å². The van der Waals surface area contributed by atoms with Crippen LogP contribution in [-0.2, 0) is 11.3 Å². The molecule has 4 rings (SSSR count). The van der Waals surface area contributed by atoms with E-state index in [0.29, 0.717) is 37.6 Å². The molecule has 2 heterocycles. The molecule has 5 heteroatoms. The zero-order chi connectivity index (χ0) is 17.6. The van der Waals surface area contributed by atoms with E-state index in [1.165, 1.54) is 16.6 Å². The topological polar surface area (TPSA) is 65.7 Å². The summed E-state index contributed by atoms with van der Waals surface area (Å²) < 4.78 is 2.21. The van der Waals surface area contributed by atoms with Crippen LogP contribution in [0, 0.1) is 18.8 Å². The molecule has 1 saturated carbocycles. The summed E-state index contributed by atoms with van der Waals surface area (Å²) >= 11 is 0. The molecule has 0 unspecified atom stereocenters. The van der Waals surface area contributed by atoms with Crippen molar-refractivity contribution in [3.63, 3.8) is 0 Å². The highest BCUT2D eigenvalue weighted by Crippen LogP contribution is 2.36. The first-order valence-electron chi connectivity index (χ1n) is 9.21. The molecular formula is C20H26N2O3. The minimum atomic E-state index is -0.634. The standard InChI is InChI=1S/C20H26N2O3/c1-13-8-14-4-2-3-5-17(14)22(13)7-6-20(25)21-11-15-9-18(23)19(24)10-16(15)12-21/h2-5,8,15-16,18-19,23-24H,6-7,9-12H2,1H3/t15-,16+,18-,19-/m0/s1.